The van der Waals surface area contributed by atoms with E-state index < -0.39 is 0 Å². The number of aryl methyl sites for hydroxylation is 2. The fraction of sp³-hybridized carbons (Fsp3) is 0.545. The van der Waals surface area contributed by atoms with Gasteiger partial charge in [-0.25, -0.2) is 9.98 Å². The quantitative estimate of drug-likeness (QED) is 0.506. The van der Waals surface area contributed by atoms with Gasteiger partial charge in [-0.2, -0.15) is 0 Å². The van der Waals surface area contributed by atoms with Crippen molar-refractivity contribution in [1.29, 1.82) is 0 Å². The van der Waals surface area contributed by atoms with Crippen molar-refractivity contribution in [3.05, 3.63) is 47.2 Å². The summed E-state index contributed by atoms with van der Waals surface area (Å²) >= 11 is 0. The molecule has 2 heterocycles. The van der Waals surface area contributed by atoms with Gasteiger partial charge in [0.1, 0.15) is 18.1 Å². The molecule has 1 fully saturated rings. The predicted octanol–water partition coefficient (Wildman–Crippen LogP) is 2.43. The summed E-state index contributed by atoms with van der Waals surface area (Å²) in [6.07, 6.45) is 0. The van der Waals surface area contributed by atoms with Gasteiger partial charge in [-0.05, 0) is 38.5 Å². The van der Waals surface area contributed by atoms with Gasteiger partial charge in [0.25, 0.3) is 0 Å². The molecule has 1 atom stereocenters. The van der Waals surface area contributed by atoms with Crippen LogP contribution in [0.15, 0.2) is 33.7 Å². The lowest BCUT2D eigenvalue weighted by molar-refractivity contribution is 0.0170. The minimum absolute atomic E-state index is 0.204. The molecule has 1 aliphatic rings. The number of guanidine groups is 1. The standard InChI is InChI=1S/C22H33N5O3/c1-5-23-22(25-15-21-26-16(2)17(3)30-21)24-14-20(27-10-12-29-13-11-27)18-6-8-19(28-4)9-7-18/h6-9,20H,5,10-15H2,1-4H3,(H2,23,24,25). The maximum atomic E-state index is 5.65. The van der Waals surface area contributed by atoms with E-state index in [-0.39, 0.29) is 6.04 Å². The molecule has 0 amide bonds. The summed E-state index contributed by atoms with van der Waals surface area (Å²) in [7, 11) is 1.69. The molecule has 164 valence electrons. The fourth-order valence-corrected chi connectivity index (χ4v) is 3.46. The second kappa shape index (κ2) is 11.0. The predicted molar refractivity (Wildman–Crippen MR) is 117 cm³/mol. The Kier molecular flexibility index (Phi) is 8.10. The number of aromatic nitrogens is 1. The third kappa shape index (κ3) is 5.96. The van der Waals surface area contributed by atoms with E-state index in [2.05, 4.69) is 44.6 Å². The first-order chi connectivity index (χ1) is 14.6. The van der Waals surface area contributed by atoms with Crippen LogP contribution in [0, 0.1) is 13.8 Å². The normalized spacial score (nSPS) is 16.3. The number of aliphatic imine (C=N–C) groups is 1. The maximum absolute atomic E-state index is 5.65. The average molecular weight is 416 g/mol. The number of rotatable bonds is 8. The Balaban J connectivity index is 1.71. The molecule has 0 saturated carbocycles. The summed E-state index contributed by atoms with van der Waals surface area (Å²) in [5, 5.41) is 6.80. The second-order valence-corrected chi connectivity index (χ2v) is 7.26. The van der Waals surface area contributed by atoms with Crippen molar-refractivity contribution < 1.29 is 13.9 Å². The summed E-state index contributed by atoms with van der Waals surface area (Å²) < 4.78 is 16.5. The topological polar surface area (TPSA) is 84.2 Å². The maximum Gasteiger partial charge on any atom is 0.216 e. The first-order valence-corrected chi connectivity index (χ1v) is 10.5. The molecule has 1 aromatic heterocycles. The zero-order valence-corrected chi connectivity index (χ0v) is 18.4. The Morgan fingerprint density at radius 3 is 2.53 bits per heavy atom. The Labute approximate surface area is 178 Å². The van der Waals surface area contributed by atoms with Gasteiger partial charge in [0.2, 0.25) is 5.89 Å². The molecule has 1 aliphatic heterocycles. The number of ether oxygens (including phenoxy) is 2. The molecular weight excluding hydrogens is 382 g/mol. The van der Waals surface area contributed by atoms with E-state index in [0.717, 1.165) is 62.6 Å². The van der Waals surface area contributed by atoms with Crippen LogP contribution < -0.4 is 15.4 Å². The fourth-order valence-electron chi connectivity index (χ4n) is 3.46. The van der Waals surface area contributed by atoms with Crippen molar-refractivity contribution in [1.82, 2.24) is 20.5 Å². The van der Waals surface area contributed by atoms with Gasteiger partial charge in [-0.15, -0.1) is 0 Å². The Bertz CT molecular complexity index is 793. The summed E-state index contributed by atoms with van der Waals surface area (Å²) in [5.41, 5.74) is 2.14. The van der Waals surface area contributed by atoms with Crippen molar-refractivity contribution in [2.24, 2.45) is 4.99 Å². The Morgan fingerprint density at radius 2 is 1.93 bits per heavy atom. The van der Waals surface area contributed by atoms with E-state index in [4.69, 9.17) is 13.9 Å². The molecule has 8 heteroatoms. The molecule has 0 aliphatic carbocycles. The molecule has 8 nitrogen and oxygen atoms in total. The lowest BCUT2D eigenvalue weighted by atomic mass is 10.0. The Morgan fingerprint density at radius 1 is 1.20 bits per heavy atom. The Hall–Kier alpha value is -2.58. The lowest BCUT2D eigenvalue weighted by Gasteiger charge is -2.35. The molecule has 0 spiro atoms. The van der Waals surface area contributed by atoms with Crippen molar-refractivity contribution in [2.45, 2.75) is 33.4 Å². The van der Waals surface area contributed by atoms with E-state index in [1.807, 2.05) is 26.0 Å². The monoisotopic (exact) mass is 415 g/mol. The molecular formula is C22H33N5O3. The van der Waals surface area contributed by atoms with Crippen LogP contribution in [0.1, 0.15) is 35.9 Å². The highest BCUT2D eigenvalue weighted by atomic mass is 16.5. The highest BCUT2D eigenvalue weighted by Crippen LogP contribution is 2.23. The molecule has 2 N–H and O–H groups in total. The second-order valence-electron chi connectivity index (χ2n) is 7.26. The minimum atomic E-state index is 0.204. The molecule has 3 rings (SSSR count). The van der Waals surface area contributed by atoms with Crippen LogP contribution in [-0.2, 0) is 11.3 Å². The smallest absolute Gasteiger partial charge is 0.216 e. The number of nitrogens with one attached hydrogen (secondary N) is 2. The van der Waals surface area contributed by atoms with Crippen LogP contribution in [0.4, 0.5) is 0 Å². The van der Waals surface area contributed by atoms with E-state index >= 15 is 0 Å². The average Bonchev–Trinajstić information content (AvgIpc) is 3.10. The number of hydrogen-bond acceptors (Lipinski definition) is 6. The van der Waals surface area contributed by atoms with E-state index in [9.17, 15) is 0 Å². The highest BCUT2D eigenvalue weighted by Gasteiger charge is 2.23. The van der Waals surface area contributed by atoms with Gasteiger partial charge in [0.05, 0.1) is 32.1 Å². The summed E-state index contributed by atoms with van der Waals surface area (Å²) in [6.45, 7) is 11.1. The van der Waals surface area contributed by atoms with Crippen molar-refractivity contribution >= 4 is 5.96 Å². The third-order valence-electron chi connectivity index (χ3n) is 5.24. The van der Waals surface area contributed by atoms with Gasteiger partial charge in [-0.1, -0.05) is 12.1 Å². The van der Waals surface area contributed by atoms with Crippen LogP contribution in [0.25, 0.3) is 0 Å². The first kappa shape index (κ1) is 22.1. The highest BCUT2D eigenvalue weighted by molar-refractivity contribution is 5.79. The van der Waals surface area contributed by atoms with Gasteiger partial charge >= 0.3 is 0 Å². The number of oxazole rings is 1. The first-order valence-electron chi connectivity index (χ1n) is 10.5. The molecule has 1 aromatic carbocycles. The van der Waals surface area contributed by atoms with E-state index in [1.54, 1.807) is 7.11 Å². The largest absolute Gasteiger partial charge is 0.497 e. The molecule has 1 unspecified atom stereocenters. The van der Waals surface area contributed by atoms with Crippen LogP contribution >= 0.6 is 0 Å². The lowest BCUT2D eigenvalue weighted by Crippen LogP contribution is -2.46. The number of methoxy groups -OCH3 is 1. The summed E-state index contributed by atoms with van der Waals surface area (Å²) in [6, 6.07) is 8.48. The summed E-state index contributed by atoms with van der Waals surface area (Å²) in [5.74, 6) is 3.07. The molecule has 0 radical (unpaired) electrons. The molecule has 0 bridgehead atoms. The molecule has 2 aromatic rings. The summed E-state index contributed by atoms with van der Waals surface area (Å²) in [4.78, 5) is 11.5. The van der Waals surface area contributed by atoms with Crippen LogP contribution in [0.2, 0.25) is 0 Å². The van der Waals surface area contributed by atoms with Crippen molar-refractivity contribution in [3.63, 3.8) is 0 Å². The van der Waals surface area contributed by atoms with Gasteiger partial charge in [0.15, 0.2) is 5.96 Å². The van der Waals surface area contributed by atoms with Crippen LogP contribution in [0.3, 0.4) is 0 Å². The van der Waals surface area contributed by atoms with Crippen molar-refractivity contribution in [2.75, 3.05) is 46.5 Å². The SMILES string of the molecule is CCNC(=NCc1nc(C)c(C)o1)NCC(c1ccc(OC)cc1)N1CCOCC1. The zero-order valence-electron chi connectivity index (χ0n) is 18.4. The van der Waals surface area contributed by atoms with Crippen LogP contribution in [0.5, 0.6) is 5.75 Å². The van der Waals surface area contributed by atoms with Crippen molar-refractivity contribution in [3.8, 4) is 5.75 Å². The number of hydrogen-bond donors (Lipinski definition) is 2. The van der Waals surface area contributed by atoms with Gasteiger partial charge < -0.3 is 24.5 Å². The van der Waals surface area contributed by atoms with Gasteiger partial charge in [-0.3, -0.25) is 4.90 Å². The zero-order chi connectivity index (χ0) is 21.3. The van der Waals surface area contributed by atoms with E-state index in [1.165, 1.54) is 5.56 Å². The number of benzene rings is 1. The van der Waals surface area contributed by atoms with Gasteiger partial charge in [0, 0.05) is 26.2 Å². The molecule has 30 heavy (non-hydrogen) atoms. The number of nitrogens with zero attached hydrogens (tertiary/aromatic N) is 3. The van der Waals surface area contributed by atoms with E-state index in [0.29, 0.717) is 12.4 Å². The molecule has 1 saturated heterocycles. The number of morpholine rings is 1. The van der Waals surface area contributed by atoms with Crippen LogP contribution in [-0.4, -0.2) is 62.3 Å². The third-order valence-corrected chi connectivity index (χ3v) is 5.24. The minimum Gasteiger partial charge on any atom is -0.497 e.